The van der Waals surface area contributed by atoms with E-state index in [1.54, 1.807) is 34.6 Å². The quantitative estimate of drug-likeness (QED) is 0.632. The number of hydrogen-bond donors (Lipinski definition) is 0. The summed E-state index contributed by atoms with van der Waals surface area (Å²) in [6, 6.07) is 2.20. The van der Waals surface area contributed by atoms with Crippen LogP contribution in [0.2, 0.25) is 0 Å². The van der Waals surface area contributed by atoms with E-state index in [9.17, 15) is 14.0 Å². The summed E-state index contributed by atoms with van der Waals surface area (Å²) < 4.78 is 36.3. The number of esters is 1. The number of rotatable bonds is 6. The standard InChI is InChI=1S/C22H32FNO6/c1-8-9-14-10-18(17(23)11-16(14)19(25)27-7)28-12-15-13-29-22(5,6)24(15)20(26)30-21(2,3)4/h10-11,15H,8-9,12-13H2,1-7H3. The molecule has 168 valence electrons. The molecule has 0 N–H and O–H groups in total. The van der Waals surface area contributed by atoms with Crippen LogP contribution in [0.5, 0.6) is 5.75 Å². The number of ether oxygens (including phenoxy) is 4. The van der Waals surface area contributed by atoms with Crippen molar-refractivity contribution in [2.24, 2.45) is 0 Å². The number of benzene rings is 1. The normalized spacial score (nSPS) is 18.3. The van der Waals surface area contributed by atoms with Gasteiger partial charge >= 0.3 is 12.1 Å². The van der Waals surface area contributed by atoms with Crippen LogP contribution in [-0.4, -0.2) is 54.7 Å². The molecule has 1 unspecified atom stereocenters. The Kier molecular flexibility index (Phi) is 7.34. The Labute approximate surface area is 177 Å². The van der Waals surface area contributed by atoms with Gasteiger partial charge in [0.1, 0.15) is 17.9 Å². The average molecular weight is 425 g/mol. The number of nitrogens with zero attached hydrogens (tertiary/aromatic N) is 1. The molecular weight excluding hydrogens is 393 g/mol. The number of methoxy groups -OCH3 is 1. The van der Waals surface area contributed by atoms with E-state index in [1.807, 2.05) is 6.92 Å². The first-order chi connectivity index (χ1) is 13.9. The fraction of sp³-hybridized carbons (Fsp3) is 0.636. The molecule has 1 aliphatic rings. The average Bonchev–Trinajstić information content (AvgIpc) is 2.94. The van der Waals surface area contributed by atoms with E-state index in [0.717, 1.165) is 12.5 Å². The molecule has 30 heavy (non-hydrogen) atoms. The maximum Gasteiger partial charge on any atom is 0.413 e. The molecule has 0 spiro atoms. The third-order valence-electron chi connectivity index (χ3n) is 4.68. The van der Waals surface area contributed by atoms with Crippen molar-refractivity contribution < 1.29 is 32.9 Å². The van der Waals surface area contributed by atoms with Crippen molar-refractivity contribution in [2.75, 3.05) is 20.3 Å². The molecule has 0 aliphatic carbocycles. The zero-order valence-corrected chi connectivity index (χ0v) is 18.8. The van der Waals surface area contributed by atoms with Gasteiger partial charge in [-0.1, -0.05) is 13.3 Å². The summed E-state index contributed by atoms with van der Waals surface area (Å²) in [5.74, 6) is -1.25. The van der Waals surface area contributed by atoms with E-state index < -0.39 is 35.2 Å². The molecule has 0 aromatic heterocycles. The molecule has 0 bridgehead atoms. The lowest BCUT2D eigenvalue weighted by Gasteiger charge is -2.35. The van der Waals surface area contributed by atoms with E-state index in [2.05, 4.69) is 0 Å². The summed E-state index contributed by atoms with van der Waals surface area (Å²) in [6.07, 6.45) is 0.823. The second-order valence-electron chi connectivity index (χ2n) is 8.75. The van der Waals surface area contributed by atoms with Gasteiger partial charge in [-0.05, 0) is 58.7 Å². The van der Waals surface area contributed by atoms with Gasteiger partial charge in [0.2, 0.25) is 0 Å². The van der Waals surface area contributed by atoms with Crippen LogP contribution in [0.1, 0.15) is 63.9 Å². The maximum absolute atomic E-state index is 14.6. The van der Waals surface area contributed by atoms with Crippen LogP contribution < -0.4 is 4.74 Å². The molecule has 1 amide bonds. The van der Waals surface area contributed by atoms with Crippen LogP contribution in [0.15, 0.2) is 12.1 Å². The van der Waals surface area contributed by atoms with Gasteiger partial charge in [0.05, 0.1) is 25.3 Å². The second-order valence-corrected chi connectivity index (χ2v) is 8.75. The molecule has 1 atom stereocenters. The van der Waals surface area contributed by atoms with Crippen molar-refractivity contribution in [1.29, 1.82) is 0 Å². The predicted molar refractivity (Wildman–Crippen MR) is 109 cm³/mol. The summed E-state index contributed by atoms with van der Waals surface area (Å²) in [6.45, 7) is 11.1. The Morgan fingerprint density at radius 1 is 1.30 bits per heavy atom. The summed E-state index contributed by atoms with van der Waals surface area (Å²) in [5, 5.41) is 0. The van der Waals surface area contributed by atoms with Gasteiger partial charge in [-0.25, -0.2) is 14.0 Å². The van der Waals surface area contributed by atoms with E-state index >= 15 is 0 Å². The molecule has 1 heterocycles. The number of carbonyl (C=O) groups excluding carboxylic acids is 2. The summed E-state index contributed by atoms with van der Waals surface area (Å²) in [7, 11) is 1.26. The molecule has 8 heteroatoms. The lowest BCUT2D eigenvalue weighted by Crippen LogP contribution is -2.51. The molecule has 1 saturated heterocycles. The maximum atomic E-state index is 14.6. The van der Waals surface area contributed by atoms with Crippen LogP contribution in [0, 0.1) is 5.82 Å². The van der Waals surface area contributed by atoms with Crippen LogP contribution in [-0.2, 0) is 20.6 Å². The van der Waals surface area contributed by atoms with Crippen LogP contribution in [0.25, 0.3) is 0 Å². The Balaban J connectivity index is 2.21. The zero-order valence-electron chi connectivity index (χ0n) is 18.8. The van der Waals surface area contributed by atoms with E-state index in [-0.39, 0.29) is 24.5 Å². The SMILES string of the molecule is CCCc1cc(OCC2COC(C)(C)N2C(=O)OC(C)(C)C)c(F)cc1C(=O)OC. The van der Waals surface area contributed by atoms with Crippen LogP contribution in [0.3, 0.4) is 0 Å². The van der Waals surface area contributed by atoms with Crippen molar-refractivity contribution in [1.82, 2.24) is 4.90 Å². The van der Waals surface area contributed by atoms with Crippen LogP contribution >= 0.6 is 0 Å². The minimum Gasteiger partial charge on any atom is -0.488 e. The molecule has 0 saturated carbocycles. The number of carbonyl (C=O) groups is 2. The smallest absolute Gasteiger partial charge is 0.413 e. The molecule has 7 nitrogen and oxygen atoms in total. The Morgan fingerprint density at radius 3 is 2.53 bits per heavy atom. The van der Waals surface area contributed by atoms with Crippen molar-refractivity contribution in [3.8, 4) is 5.75 Å². The van der Waals surface area contributed by atoms with E-state index in [0.29, 0.717) is 12.0 Å². The predicted octanol–water partition coefficient (Wildman–Crippen LogP) is 4.32. The highest BCUT2D eigenvalue weighted by Gasteiger charge is 2.46. The fourth-order valence-electron chi connectivity index (χ4n) is 3.35. The monoisotopic (exact) mass is 425 g/mol. The van der Waals surface area contributed by atoms with Gasteiger partial charge < -0.3 is 18.9 Å². The number of hydrogen-bond acceptors (Lipinski definition) is 6. The first kappa shape index (κ1) is 23.9. The van der Waals surface area contributed by atoms with Crippen molar-refractivity contribution >= 4 is 12.1 Å². The number of amides is 1. The van der Waals surface area contributed by atoms with Crippen molar-refractivity contribution in [3.63, 3.8) is 0 Å². The highest BCUT2D eigenvalue weighted by Crippen LogP contribution is 2.31. The van der Waals surface area contributed by atoms with Gasteiger partial charge in [-0.2, -0.15) is 0 Å². The third-order valence-corrected chi connectivity index (χ3v) is 4.68. The lowest BCUT2D eigenvalue weighted by molar-refractivity contribution is -0.0637. The number of aryl methyl sites for hydroxylation is 1. The van der Waals surface area contributed by atoms with E-state index in [1.165, 1.54) is 18.1 Å². The Morgan fingerprint density at radius 2 is 1.97 bits per heavy atom. The first-order valence-electron chi connectivity index (χ1n) is 10.1. The van der Waals surface area contributed by atoms with Crippen molar-refractivity contribution in [2.45, 2.75) is 71.8 Å². The minimum atomic E-state index is -0.878. The summed E-state index contributed by atoms with van der Waals surface area (Å²) >= 11 is 0. The van der Waals surface area contributed by atoms with Gasteiger partial charge in [-0.15, -0.1) is 0 Å². The molecule has 1 aliphatic heterocycles. The molecule has 1 aromatic carbocycles. The Bertz CT molecular complexity index is 787. The van der Waals surface area contributed by atoms with Gasteiger partial charge in [0, 0.05) is 0 Å². The summed E-state index contributed by atoms with van der Waals surface area (Å²) in [4.78, 5) is 26.1. The van der Waals surface area contributed by atoms with E-state index in [4.69, 9.17) is 18.9 Å². The number of halogens is 1. The van der Waals surface area contributed by atoms with Crippen LogP contribution in [0.4, 0.5) is 9.18 Å². The molecule has 1 aromatic rings. The zero-order chi connectivity index (χ0) is 22.7. The minimum absolute atomic E-state index is 0.0138. The summed E-state index contributed by atoms with van der Waals surface area (Å²) in [5.41, 5.74) is -0.707. The largest absolute Gasteiger partial charge is 0.488 e. The molecule has 2 rings (SSSR count). The van der Waals surface area contributed by atoms with Gasteiger partial charge in [-0.3, -0.25) is 4.90 Å². The third kappa shape index (κ3) is 5.62. The molecular formula is C22H32FNO6. The Hall–Kier alpha value is -2.35. The van der Waals surface area contributed by atoms with Crippen molar-refractivity contribution in [3.05, 3.63) is 29.1 Å². The highest BCUT2D eigenvalue weighted by molar-refractivity contribution is 5.91. The van der Waals surface area contributed by atoms with Gasteiger partial charge in [0.15, 0.2) is 11.6 Å². The first-order valence-corrected chi connectivity index (χ1v) is 10.1. The fourth-order valence-corrected chi connectivity index (χ4v) is 3.35. The second kappa shape index (κ2) is 9.20. The molecule has 0 radical (unpaired) electrons. The highest BCUT2D eigenvalue weighted by atomic mass is 19.1. The topological polar surface area (TPSA) is 74.3 Å². The van der Waals surface area contributed by atoms with Gasteiger partial charge in [0.25, 0.3) is 0 Å². The lowest BCUT2D eigenvalue weighted by atomic mass is 10.0. The molecule has 1 fully saturated rings.